The van der Waals surface area contributed by atoms with Gasteiger partial charge < -0.3 is 10.1 Å². The van der Waals surface area contributed by atoms with Crippen LogP contribution in [0.15, 0.2) is 0 Å². The molecule has 0 aromatic carbocycles. The predicted octanol–water partition coefficient (Wildman–Crippen LogP) is 2.19. The summed E-state index contributed by atoms with van der Waals surface area (Å²) in [6.07, 6.45) is 5.31. The molecule has 0 aromatic heterocycles. The van der Waals surface area contributed by atoms with Crippen LogP contribution in [0.2, 0.25) is 0 Å². The molecular formula is C12H23NO. The molecule has 1 N–H and O–H groups in total. The lowest BCUT2D eigenvalue weighted by molar-refractivity contribution is 0.163. The van der Waals surface area contributed by atoms with Crippen molar-refractivity contribution in [3.05, 3.63) is 0 Å². The van der Waals surface area contributed by atoms with Crippen molar-refractivity contribution < 1.29 is 4.74 Å². The molecule has 0 amide bonds. The highest BCUT2D eigenvalue weighted by atomic mass is 16.5. The van der Waals surface area contributed by atoms with Gasteiger partial charge in [-0.05, 0) is 37.6 Å². The second-order valence-corrected chi connectivity index (χ2v) is 5.21. The highest BCUT2D eigenvalue weighted by Gasteiger charge is 2.48. The molecule has 0 spiro atoms. The average molecular weight is 197 g/mol. The lowest BCUT2D eigenvalue weighted by atomic mass is 9.86. The highest BCUT2D eigenvalue weighted by Crippen LogP contribution is 2.51. The lowest BCUT2D eigenvalue weighted by Gasteiger charge is -2.29. The Hall–Kier alpha value is -0.0800. The van der Waals surface area contributed by atoms with E-state index in [1.165, 1.54) is 25.7 Å². The Kier molecular flexibility index (Phi) is 3.13. The SMILES string of the molecule is CCCNC(C1CCOC1)C1(C)CC1. The molecule has 0 bridgehead atoms. The van der Waals surface area contributed by atoms with Crippen LogP contribution in [0.3, 0.4) is 0 Å². The molecule has 1 heterocycles. The van der Waals surface area contributed by atoms with Crippen LogP contribution in [0.4, 0.5) is 0 Å². The van der Waals surface area contributed by atoms with Crippen molar-refractivity contribution in [2.75, 3.05) is 19.8 Å². The molecule has 2 fully saturated rings. The molecule has 2 rings (SSSR count). The van der Waals surface area contributed by atoms with E-state index in [-0.39, 0.29) is 0 Å². The van der Waals surface area contributed by atoms with E-state index in [1.807, 2.05) is 0 Å². The first kappa shape index (κ1) is 10.4. The zero-order valence-electron chi connectivity index (χ0n) is 9.51. The molecule has 2 unspecified atom stereocenters. The Morgan fingerprint density at radius 3 is 2.79 bits per heavy atom. The molecule has 2 aliphatic rings. The number of hydrogen-bond acceptors (Lipinski definition) is 2. The summed E-state index contributed by atoms with van der Waals surface area (Å²) in [5, 5.41) is 3.73. The van der Waals surface area contributed by atoms with Gasteiger partial charge in [-0.15, -0.1) is 0 Å². The maximum Gasteiger partial charge on any atom is 0.0510 e. The van der Waals surface area contributed by atoms with E-state index in [2.05, 4.69) is 19.2 Å². The third kappa shape index (κ3) is 2.12. The number of hydrogen-bond donors (Lipinski definition) is 1. The molecule has 82 valence electrons. The van der Waals surface area contributed by atoms with E-state index in [0.717, 1.165) is 25.7 Å². The summed E-state index contributed by atoms with van der Waals surface area (Å²) in [5.74, 6) is 0.772. The van der Waals surface area contributed by atoms with E-state index in [9.17, 15) is 0 Å². The highest BCUT2D eigenvalue weighted by molar-refractivity contribution is 5.02. The van der Waals surface area contributed by atoms with Gasteiger partial charge in [0.25, 0.3) is 0 Å². The summed E-state index contributed by atoms with van der Waals surface area (Å²) in [6.45, 7) is 7.79. The average Bonchev–Trinajstić information content (AvgIpc) is 2.71. The maximum atomic E-state index is 5.50. The third-order valence-electron chi connectivity index (χ3n) is 3.84. The molecule has 2 nitrogen and oxygen atoms in total. The van der Waals surface area contributed by atoms with Crippen LogP contribution in [-0.2, 0) is 4.74 Å². The van der Waals surface area contributed by atoms with Crippen LogP contribution in [-0.4, -0.2) is 25.8 Å². The van der Waals surface area contributed by atoms with Crippen molar-refractivity contribution in [1.82, 2.24) is 5.32 Å². The smallest absolute Gasteiger partial charge is 0.0510 e. The molecule has 1 saturated carbocycles. The Bertz CT molecular complexity index is 183. The Balaban J connectivity index is 1.91. The van der Waals surface area contributed by atoms with Crippen molar-refractivity contribution in [3.8, 4) is 0 Å². The van der Waals surface area contributed by atoms with Crippen molar-refractivity contribution in [2.45, 2.75) is 45.6 Å². The molecule has 1 aliphatic carbocycles. The fraction of sp³-hybridized carbons (Fsp3) is 1.00. The summed E-state index contributed by atoms with van der Waals surface area (Å²) < 4.78 is 5.50. The van der Waals surface area contributed by atoms with Gasteiger partial charge in [0.1, 0.15) is 0 Å². The van der Waals surface area contributed by atoms with E-state index >= 15 is 0 Å². The molecule has 2 heteroatoms. The first-order valence-corrected chi connectivity index (χ1v) is 6.07. The summed E-state index contributed by atoms with van der Waals surface area (Å²) in [7, 11) is 0. The predicted molar refractivity (Wildman–Crippen MR) is 58.3 cm³/mol. The molecule has 14 heavy (non-hydrogen) atoms. The summed E-state index contributed by atoms with van der Waals surface area (Å²) in [5.41, 5.74) is 0.591. The van der Waals surface area contributed by atoms with Crippen LogP contribution >= 0.6 is 0 Å². The summed E-state index contributed by atoms with van der Waals surface area (Å²) in [6, 6.07) is 0.713. The largest absolute Gasteiger partial charge is 0.381 e. The van der Waals surface area contributed by atoms with Crippen LogP contribution in [0.25, 0.3) is 0 Å². The Morgan fingerprint density at radius 2 is 2.29 bits per heavy atom. The van der Waals surface area contributed by atoms with Gasteiger partial charge in [-0.3, -0.25) is 0 Å². The fourth-order valence-electron chi connectivity index (χ4n) is 2.61. The topological polar surface area (TPSA) is 21.3 Å². The molecule has 0 aromatic rings. The van der Waals surface area contributed by atoms with Crippen LogP contribution in [0.1, 0.15) is 39.5 Å². The summed E-state index contributed by atoms with van der Waals surface area (Å²) >= 11 is 0. The van der Waals surface area contributed by atoms with Crippen LogP contribution in [0, 0.1) is 11.3 Å². The van der Waals surface area contributed by atoms with Gasteiger partial charge in [0.05, 0.1) is 6.61 Å². The molecule has 1 saturated heterocycles. The van der Waals surface area contributed by atoms with Crippen molar-refractivity contribution in [3.63, 3.8) is 0 Å². The third-order valence-corrected chi connectivity index (χ3v) is 3.84. The minimum absolute atomic E-state index is 0.591. The number of rotatable bonds is 5. The normalized spacial score (nSPS) is 31.7. The second kappa shape index (κ2) is 4.19. The lowest BCUT2D eigenvalue weighted by Crippen LogP contribution is -2.43. The zero-order valence-corrected chi connectivity index (χ0v) is 9.51. The van der Waals surface area contributed by atoms with Gasteiger partial charge in [0.15, 0.2) is 0 Å². The Labute approximate surface area is 87.4 Å². The Morgan fingerprint density at radius 1 is 1.50 bits per heavy atom. The van der Waals surface area contributed by atoms with E-state index in [0.29, 0.717) is 11.5 Å². The van der Waals surface area contributed by atoms with E-state index < -0.39 is 0 Å². The van der Waals surface area contributed by atoms with Gasteiger partial charge in [0.2, 0.25) is 0 Å². The van der Waals surface area contributed by atoms with Crippen molar-refractivity contribution >= 4 is 0 Å². The first-order valence-electron chi connectivity index (χ1n) is 6.07. The minimum atomic E-state index is 0.591. The quantitative estimate of drug-likeness (QED) is 0.729. The fourth-order valence-corrected chi connectivity index (χ4v) is 2.61. The first-order chi connectivity index (χ1) is 6.76. The van der Waals surface area contributed by atoms with Crippen molar-refractivity contribution in [1.29, 1.82) is 0 Å². The van der Waals surface area contributed by atoms with Gasteiger partial charge in [-0.2, -0.15) is 0 Å². The van der Waals surface area contributed by atoms with Gasteiger partial charge in [-0.1, -0.05) is 13.8 Å². The van der Waals surface area contributed by atoms with Crippen molar-refractivity contribution in [2.24, 2.45) is 11.3 Å². The second-order valence-electron chi connectivity index (χ2n) is 5.21. The molecule has 0 radical (unpaired) electrons. The minimum Gasteiger partial charge on any atom is -0.381 e. The molecule has 2 atom stereocenters. The summed E-state index contributed by atoms with van der Waals surface area (Å²) in [4.78, 5) is 0. The standard InChI is InChI=1S/C12H23NO/c1-3-7-13-11(12(2)5-6-12)10-4-8-14-9-10/h10-11,13H,3-9H2,1-2H3. The monoisotopic (exact) mass is 197 g/mol. The molecular weight excluding hydrogens is 174 g/mol. The zero-order chi connectivity index (χ0) is 10.0. The van der Waals surface area contributed by atoms with Crippen LogP contribution < -0.4 is 5.32 Å². The number of nitrogens with one attached hydrogen (secondary N) is 1. The van der Waals surface area contributed by atoms with E-state index in [4.69, 9.17) is 4.74 Å². The van der Waals surface area contributed by atoms with E-state index in [1.54, 1.807) is 0 Å². The molecule has 1 aliphatic heterocycles. The number of ether oxygens (including phenoxy) is 1. The van der Waals surface area contributed by atoms with Gasteiger partial charge >= 0.3 is 0 Å². The van der Waals surface area contributed by atoms with Gasteiger partial charge in [-0.25, -0.2) is 0 Å². The van der Waals surface area contributed by atoms with Gasteiger partial charge in [0, 0.05) is 18.6 Å². The van der Waals surface area contributed by atoms with Crippen LogP contribution in [0.5, 0.6) is 0 Å². The maximum absolute atomic E-state index is 5.50.